The zero-order valence-corrected chi connectivity index (χ0v) is 11.7. The largest absolute Gasteiger partial charge is 0.395 e. The highest BCUT2D eigenvalue weighted by molar-refractivity contribution is 7.89. The first-order valence-corrected chi connectivity index (χ1v) is 7.79. The van der Waals surface area contributed by atoms with Crippen LogP contribution in [0.2, 0.25) is 5.02 Å². The van der Waals surface area contributed by atoms with Crippen LogP contribution >= 0.6 is 11.6 Å². The number of piperidine rings is 1. The highest BCUT2D eigenvalue weighted by Gasteiger charge is 2.33. The van der Waals surface area contributed by atoms with E-state index in [0.717, 1.165) is 25.1 Å². The average Bonchev–Trinajstić information content (AvgIpc) is 2.41. The number of sulfonamides is 1. The average molecular weight is 307 g/mol. The normalized spacial score (nSPS) is 21.5. The number of nitrogens with one attached hydrogen (secondary N) is 1. The van der Waals surface area contributed by atoms with Gasteiger partial charge in [0.1, 0.15) is 5.02 Å². The molecule has 1 fully saturated rings. The molecule has 0 saturated carbocycles. The van der Waals surface area contributed by atoms with Crippen LogP contribution in [0.1, 0.15) is 19.3 Å². The fourth-order valence-corrected chi connectivity index (χ4v) is 4.11. The van der Waals surface area contributed by atoms with E-state index in [2.05, 4.69) is 4.98 Å². The van der Waals surface area contributed by atoms with Crippen LogP contribution in [0.3, 0.4) is 0 Å². The smallest absolute Gasteiger partial charge is 0.266 e. The number of pyridine rings is 1. The third-order valence-electron chi connectivity index (χ3n) is 3.22. The van der Waals surface area contributed by atoms with Gasteiger partial charge in [0, 0.05) is 18.8 Å². The van der Waals surface area contributed by atoms with E-state index in [1.807, 2.05) is 0 Å². The highest BCUT2D eigenvalue weighted by atomic mass is 35.5. The molecule has 0 aliphatic carbocycles. The molecule has 106 valence electrons. The second-order valence-corrected chi connectivity index (χ2v) is 6.76. The van der Waals surface area contributed by atoms with Crippen LogP contribution in [-0.4, -0.2) is 42.0 Å². The summed E-state index contributed by atoms with van der Waals surface area (Å²) in [7, 11) is -3.74. The molecule has 1 atom stereocenters. The second-order valence-electron chi connectivity index (χ2n) is 4.46. The van der Waals surface area contributed by atoms with E-state index in [1.165, 1.54) is 4.31 Å². The van der Waals surface area contributed by atoms with Crippen LogP contribution in [0.4, 0.5) is 0 Å². The quantitative estimate of drug-likeness (QED) is 0.854. The second kappa shape index (κ2) is 5.62. The lowest BCUT2D eigenvalue weighted by molar-refractivity contribution is 0.155. The summed E-state index contributed by atoms with van der Waals surface area (Å²) in [5.74, 6) is 0. The molecule has 1 aliphatic heterocycles. The van der Waals surface area contributed by atoms with E-state index >= 15 is 0 Å². The highest BCUT2D eigenvalue weighted by Crippen LogP contribution is 2.25. The summed E-state index contributed by atoms with van der Waals surface area (Å²) < 4.78 is 26.2. The van der Waals surface area contributed by atoms with Gasteiger partial charge < -0.3 is 10.1 Å². The number of H-pyrrole nitrogens is 1. The van der Waals surface area contributed by atoms with Crippen LogP contribution in [0.25, 0.3) is 0 Å². The molecule has 2 N–H and O–H groups in total. The first-order chi connectivity index (χ1) is 8.96. The van der Waals surface area contributed by atoms with Gasteiger partial charge in [0.25, 0.3) is 5.56 Å². The van der Waals surface area contributed by atoms with Gasteiger partial charge in [0.2, 0.25) is 10.0 Å². The molecule has 1 aromatic rings. The van der Waals surface area contributed by atoms with Crippen LogP contribution < -0.4 is 5.56 Å². The number of halogens is 1. The van der Waals surface area contributed by atoms with Gasteiger partial charge >= 0.3 is 0 Å². The van der Waals surface area contributed by atoms with E-state index in [0.29, 0.717) is 13.0 Å². The molecular formula is C11H15ClN2O4S. The first kappa shape index (κ1) is 14.5. The predicted octanol–water partition coefficient (Wildman–Crippen LogP) is 0.564. The SMILES string of the molecule is O=c1[nH]cc(S(=O)(=O)N2CCCCC2CO)cc1Cl. The van der Waals surface area contributed by atoms with Gasteiger partial charge in [0.05, 0.1) is 11.5 Å². The Hall–Kier alpha value is -0.890. The topological polar surface area (TPSA) is 90.5 Å². The summed E-state index contributed by atoms with van der Waals surface area (Å²) in [6, 6.07) is 0.725. The summed E-state index contributed by atoms with van der Waals surface area (Å²) in [6.45, 7) is 0.153. The van der Waals surface area contributed by atoms with Crippen LogP contribution in [-0.2, 0) is 10.0 Å². The lowest BCUT2D eigenvalue weighted by Gasteiger charge is -2.33. The minimum absolute atomic E-state index is 0.0579. The molecule has 2 heterocycles. The maximum atomic E-state index is 12.5. The number of rotatable bonds is 3. The van der Waals surface area contributed by atoms with E-state index in [1.54, 1.807) is 0 Å². The summed E-state index contributed by atoms with van der Waals surface area (Å²) in [4.78, 5) is 13.4. The molecule has 1 saturated heterocycles. The molecule has 0 spiro atoms. The Morgan fingerprint density at radius 2 is 2.21 bits per heavy atom. The lowest BCUT2D eigenvalue weighted by atomic mass is 10.1. The molecule has 0 bridgehead atoms. The van der Waals surface area contributed by atoms with Crippen molar-refractivity contribution in [3.63, 3.8) is 0 Å². The van der Waals surface area contributed by atoms with Crippen LogP contribution in [0.5, 0.6) is 0 Å². The Bertz CT molecular complexity index is 613. The van der Waals surface area contributed by atoms with Crippen LogP contribution in [0.15, 0.2) is 22.0 Å². The Morgan fingerprint density at radius 3 is 2.84 bits per heavy atom. The van der Waals surface area contributed by atoms with Gasteiger partial charge in [-0.05, 0) is 18.9 Å². The van der Waals surface area contributed by atoms with Crippen molar-refractivity contribution in [3.05, 3.63) is 27.6 Å². The number of aliphatic hydroxyl groups is 1. The number of aliphatic hydroxyl groups excluding tert-OH is 1. The van der Waals surface area contributed by atoms with Gasteiger partial charge in [-0.1, -0.05) is 18.0 Å². The molecule has 6 nitrogen and oxygen atoms in total. The first-order valence-electron chi connectivity index (χ1n) is 5.97. The maximum Gasteiger partial charge on any atom is 0.266 e. The number of aromatic amines is 1. The van der Waals surface area contributed by atoms with E-state index in [-0.39, 0.29) is 16.5 Å². The molecule has 2 rings (SSSR count). The van der Waals surface area contributed by atoms with Crippen molar-refractivity contribution in [2.24, 2.45) is 0 Å². The third kappa shape index (κ3) is 2.84. The molecule has 0 amide bonds. The Morgan fingerprint density at radius 1 is 1.47 bits per heavy atom. The Balaban J connectivity index is 2.40. The summed E-state index contributed by atoms with van der Waals surface area (Å²) in [6.07, 6.45) is 3.41. The number of nitrogens with zero attached hydrogens (tertiary/aromatic N) is 1. The monoisotopic (exact) mass is 306 g/mol. The summed E-state index contributed by atoms with van der Waals surface area (Å²) in [5, 5.41) is 9.11. The van der Waals surface area contributed by atoms with Crippen molar-refractivity contribution in [1.29, 1.82) is 0 Å². The lowest BCUT2D eigenvalue weighted by Crippen LogP contribution is -2.45. The number of aromatic nitrogens is 1. The Labute approximate surface area is 116 Å². The summed E-state index contributed by atoms with van der Waals surface area (Å²) >= 11 is 5.65. The maximum absolute atomic E-state index is 12.5. The molecule has 19 heavy (non-hydrogen) atoms. The molecule has 1 unspecified atom stereocenters. The Kier molecular flexibility index (Phi) is 4.29. The van der Waals surface area contributed by atoms with Gasteiger partial charge in [-0.3, -0.25) is 4.79 Å². The minimum atomic E-state index is -3.74. The molecule has 0 radical (unpaired) electrons. The standard InChI is InChI=1S/C11H15ClN2O4S/c12-10-5-9(6-13-11(10)16)19(17,18)14-4-2-1-3-8(14)7-15/h5-6,8,15H,1-4,7H2,(H,13,16). The molecule has 8 heteroatoms. The van der Waals surface area contributed by atoms with Gasteiger partial charge in [0.15, 0.2) is 0 Å². The summed E-state index contributed by atoms with van der Waals surface area (Å²) in [5.41, 5.74) is -0.530. The molecular weight excluding hydrogens is 292 g/mol. The predicted molar refractivity (Wildman–Crippen MR) is 70.7 cm³/mol. The van der Waals surface area contributed by atoms with Crippen molar-refractivity contribution in [2.45, 2.75) is 30.2 Å². The van der Waals surface area contributed by atoms with Gasteiger partial charge in [-0.25, -0.2) is 8.42 Å². The van der Waals surface area contributed by atoms with Crippen molar-refractivity contribution in [1.82, 2.24) is 9.29 Å². The number of hydrogen-bond acceptors (Lipinski definition) is 4. The van der Waals surface area contributed by atoms with E-state index < -0.39 is 21.6 Å². The zero-order valence-electron chi connectivity index (χ0n) is 10.2. The van der Waals surface area contributed by atoms with Crippen LogP contribution in [0, 0.1) is 0 Å². The molecule has 1 aromatic heterocycles. The van der Waals surface area contributed by atoms with Crippen molar-refractivity contribution in [2.75, 3.05) is 13.2 Å². The third-order valence-corrected chi connectivity index (χ3v) is 5.43. The van der Waals surface area contributed by atoms with Gasteiger partial charge in [-0.2, -0.15) is 4.31 Å². The van der Waals surface area contributed by atoms with Crippen molar-refractivity contribution >= 4 is 21.6 Å². The fourth-order valence-electron chi connectivity index (χ4n) is 2.20. The molecule has 1 aliphatic rings. The fraction of sp³-hybridized carbons (Fsp3) is 0.545. The van der Waals surface area contributed by atoms with E-state index in [9.17, 15) is 18.3 Å². The molecule has 0 aromatic carbocycles. The van der Waals surface area contributed by atoms with Gasteiger partial charge in [-0.15, -0.1) is 0 Å². The van der Waals surface area contributed by atoms with Crippen molar-refractivity contribution < 1.29 is 13.5 Å². The van der Waals surface area contributed by atoms with E-state index in [4.69, 9.17) is 11.6 Å². The van der Waals surface area contributed by atoms with Crippen molar-refractivity contribution in [3.8, 4) is 0 Å². The zero-order chi connectivity index (χ0) is 14.0. The minimum Gasteiger partial charge on any atom is -0.395 e. The number of hydrogen-bond donors (Lipinski definition) is 2.